The molecule has 1 aliphatic carbocycles. The van der Waals surface area contributed by atoms with E-state index in [9.17, 15) is 0 Å². The first-order chi connectivity index (χ1) is 8.81. The third-order valence-corrected chi connectivity index (χ3v) is 3.94. The van der Waals surface area contributed by atoms with Crippen LogP contribution in [0.3, 0.4) is 0 Å². The molecule has 1 aromatic carbocycles. The number of nitrogens with one attached hydrogen (secondary N) is 1. The summed E-state index contributed by atoms with van der Waals surface area (Å²) in [4.78, 5) is 0. The molecule has 0 aromatic heterocycles. The van der Waals surface area contributed by atoms with E-state index in [1.54, 1.807) is 0 Å². The van der Waals surface area contributed by atoms with Crippen molar-refractivity contribution in [2.24, 2.45) is 5.92 Å². The third kappa shape index (κ3) is 3.53. The van der Waals surface area contributed by atoms with E-state index in [-0.39, 0.29) is 0 Å². The van der Waals surface area contributed by atoms with Gasteiger partial charge in [-0.25, -0.2) is 0 Å². The first kappa shape index (κ1) is 13.0. The van der Waals surface area contributed by atoms with Crippen LogP contribution in [0.5, 0.6) is 0 Å². The second-order valence-corrected chi connectivity index (χ2v) is 5.38. The van der Waals surface area contributed by atoms with Crippen molar-refractivity contribution in [3.63, 3.8) is 0 Å². The Morgan fingerprint density at radius 3 is 2.72 bits per heavy atom. The van der Waals surface area contributed by atoms with E-state index < -0.39 is 0 Å². The van der Waals surface area contributed by atoms with Gasteiger partial charge < -0.3 is 5.32 Å². The Balaban J connectivity index is 1.86. The molecule has 96 valence electrons. The van der Waals surface area contributed by atoms with Crippen LogP contribution in [0.25, 0.3) is 0 Å². The van der Waals surface area contributed by atoms with Crippen LogP contribution >= 0.6 is 0 Å². The SMILES string of the molecule is C#Cc1cccc(NC2CCC(CCC)CC2)c1. The minimum Gasteiger partial charge on any atom is -0.382 e. The standard InChI is InChI=1S/C17H23N/c1-3-6-15-9-11-16(12-10-15)18-17-8-5-7-14(4-2)13-17/h2,5,7-8,13,15-16,18H,3,6,9-12H2,1H3. The highest BCUT2D eigenvalue weighted by Gasteiger charge is 2.20. The number of anilines is 1. The molecule has 1 aromatic rings. The molecule has 0 saturated heterocycles. The predicted molar refractivity (Wildman–Crippen MR) is 78.7 cm³/mol. The molecule has 1 nitrogen and oxygen atoms in total. The average Bonchev–Trinajstić information content (AvgIpc) is 2.42. The van der Waals surface area contributed by atoms with Crippen LogP contribution in [-0.2, 0) is 0 Å². The topological polar surface area (TPSA) is 12.0 Å². The van der Waals surface area contributed by atoms with Gasteiger partial charge in [0.1, 0.15) is 0 Å². The van der Waals surface area contributed by atoms with E-state index in [2.05, 4.69) is 30.3 Å². The normalized spacial score (nSPS) is 23.3. The van der Waals surface area contributed by atoms with Crippen molar-refractivity contribution in [1.82, 2.24) is 0 Å². The van der Waals surface area contributed by atoms with Gasteiger partial charge in [-0.15, -0.1) is 6.42 Å². The van der Waals surface area contributed by atoms with Gasteiger partial charge in [-0.1, -0.05) is 31.8 Å². The highest BCUT2D eigenvalue weighted by atomic mass is 14.9. The van der Waals surface area contributed by atoms with Gasteiger partial charge in [-0.3, -0.25) is 0 Å². The molecule has 0 amide bonds. The summed E-state index contributed by atoms with van der Waals surface area (Å²) in [5, 5.41) is 3.62. The largest absolute Gasteiger partial charge is 0.382 e. The van der Waals surface area contributed by atoms with Crippen molar-refractivity contribution in [2.75, 3.05) is 5.32 Å². The summed E-state index contributed by atoms with van der Waals surface area (Å²) in [5.74, 6) is 3.65. The molecule has 18 heavy (non-hydrogen) atoms. The van der Waals surface area contributed by atoms with Crippen LogP contribution in [0.2, 0.25) is 0 Å². The number of terminal acetylenes is 1. The summed E-state index contributed by atoms with van der Waals surface area (Å²) < 4.78 is 0. The minimum absolute atomic E-state index is 0.631. The molecule has 1 N–H and O–H groups in total. The van der Waals surface area contributed by atoms with E-state index in [0.29, 0.717) is 6.04 Å². The van der Waals surface area contributed by atoms with Crippen LogP contribution in [0, 0.1) is 18.3 Å². The summed E-state index contributed by atoms with van der Waals surface area (Å²) in [7, 11) is 0. The molecule has 0 spiro atoms. The van der Waals surface area contributed by atoms with Crippen LogP contribution < -0.4 is 5.32 Å². The van der Waals surface area contributed by atoms with Crippen molar-refractivity contribution in [2.45, 2.75) is 51.5 Å². The van der Waals surface area contributed by atoms with Crippen molar-refractivity contribution < 1.29 is 0 Å². The molecule has 1 aliphatic rings. The Bertz CT molecular complexity index is 408. The van der Waals surface area contributed by atoms with Crippen LogP contribution in [-0.4, -0.2) is 6.04 Å². The van der Waals surface area contributed by atoms with E-state index >= 15 is 0 Å². The zero-order valence-electron chi connectivity index (χ0n) is 11.3. The van der Waals surface area contributed by atoms with Crippen molar-refractivity contribution in [3.05, 3.63) is 29.8 Å². The van der Waals surface area contributed by atoms with E-state index in [1.165, 1.54) is 44.2 Å². The van der Waals surface area contributed by atoms with Gasteiger partial charge in [0.05, 0.1) is 0 Å². The first-order valence-corrected chi connectivity index (χ1v) is 7.15. The van der Waals surface area contributed by atoms with E-state index in [0.717, 1.165) is 11.5 Å². The Morgan fingerprint density at radius 1 is 1.28 bits per heavy atom. The second kappa shape index (κ2) is 6.50. The lowest BCUT2D eigenvalue weighted by atomic mass is 9.83. The van der Waals surface area contributed by atoms with Gasteiger partial charge in [-0.2, -0.15) is 0 Å². The molecule has 1 saturated carbocycles. The lowest BCUT2D eigenvalue weighted by molar-refractivity contribution is 0.319. The predicted octanol–water partition coefficient (Wildman–Crippen LogP) is 4.44. The number of benzene rings is 1. The lowest BCUT2D eigenvalue weighted by Gasteiger charge is -2.29. The summed E-state index contributed by atoms with van der Waals surface area (Å²) in [6, 6.07) is 8.81. The summed E-state index contributed by atoms with van der Waals surface area (Å²) in [5.41, 5.74) is 2.13. The number of hydrogen-bond acceptors (Lipinski definition) is 1. The Morgan fingerprint density at radius 2 is 2.06 bits per heavy atom. The molecule has 0 unspecified atom stereocenters. The fourth-order valence-electron chi connectivity index (χ4n) is 2.94. The molecule has 0 radical (unpaired) electrons. The smallest absolute Gasteiger partial charge is 0.0354 e. The van der Waals surface area contributed by atoms with Gasteiger partial charge in [0, 0.05) is 17.3 Å². The maximum Gasteiger partial charge on any atom is 0.0354 e. The molecular formula is C17H23N. The van der Waals surface area contributed by atoms with Gasteiger partial charge in [0.15, 0.2) is 0 Å². The maximum atomic E-state index is 5.43. The molecule has 1 heteroatoms. The quantitative estimate of drug-likeness (QED) is 0.768. The van der Waals surface area contributed by atoms with Gasteiger partial charge in [-0.05, 0) is 49.8 Å². The highest BCUT2D eigenvalue weighted by molar-refractivity contribution is 5.50. The van der Waals surface area contributed by atoms with Crippen LogP contribution in [0.1, 0.15) is 51.0 Å². The van der Waals surface area contributed by atoms with Crippen molar-refractivity contribution in [3.8, 4) is 12.3 Å². The Labute approximate surface area is 111 Å². The molecule has 0 bridgehead atoms. The Hall–Kier alpha value is -1.42. The molecule has 0 aliphatic heterocycles. The molecule has 1 fully saturated rings. The van der Waals surface area contributed by atoms with Crippen LogP contribution in [0.15, 0.2) is 24.3 Å². The Kier molecular flexibility index (Phi) is 4.70. The summed E-state index contributed by atoms with van der Waals surface area (Å²) in [6.07, 6.45) is 13.5. The molecule has 2 rings (SSSR count). The highest BCUT2D eigenvalue weighted by Crippen LogP contribution is 2.29. The van der Waals surface area contributed by atoms with Gasteiger partial charge in [0.2, 0.25) is 0 Å². The first-order valence-electron chi connectivity index (χ1n) is 7.15. The van der Waals surface area contributed by atoms with E-state index in [4.69, 9.17) is 6.42 Å². The van der Waals surface area contributed by atoms with Crippen molar-refractivity contribution >= 4 is 5.69 Å². The van der Waals surface area contributed by atoms with Gasteiger partial charge in [0.25, 0.3) is 0 Å². The minimum atomic E-state index is 0.631. The molecular weight excluding hydrogens is 218 g/mol. The molecule has 0 heterocycles. The average molecular weight is 241 g/mol. The zero-order chi connectivity index (χ0) is 12.8. The number of rotatable bonds is 4. The lowest BCUT2D eigenvalue weighted by Crippen LogP contribution is -2.26. The van der Waals surface area contributed by atoms with E-state index in [1.807, 2.05) is 12.1 Å². The third-order valence-electron chi connectivity index (χ3n) is 3.94. The summed E-state index contributed by atoms with van der Waals surface area (Å²) >= 11 is 0. The zero-order valence-corrected chi connectivity index (χ0v) is 11.3. The van der Waals surface area contributed by atoms with Gasteiger partial charge >= 0.3 is 0 Å². The van der Waals surface area contributed by atoms with Crippen molar-refractivity contribution in [1.29, 1.82) is 0 Å². The molecule has 0 atom stereocenters. The summed E-state index contributed by atoms with van der Waals surface area (Å²) in [6.45, 7) is 2.29. The number of hydrogen-bond donors (Lipinski definition) is 1. The second-order valence-electron chi connectivity index (χ2n) is 5.38. The fourth-order valence-corrected chi connectivity index (χ4v) is 2.94. The maximum absolute atomic E-state index is 5.43. The fraction of sp³-hybridized carbons (Fsp3) is 0.529. The van der Waals surface area contributed by atoms with Crippen LogP contribution in [0.4, 0.5) is 5.69 Å². The monoisotopic (exact) mass is 241 g/mol.